The van der Waals surface area contributed by atoms with E-state index in [1.54, 1.807) is 5.32 Å². The van der Waals surface area contributed by atoms with Crippen LogP contribution in [0.15, 0.2) is 29.3 Å². The number of amides is 3. The van der Waals surface area contributed by atoms with Gasteiger partial charge in [0.2, 0.25) is 5.91 Å². The molecular weight excluding hydrogens is 409 g/mol. The van der Waals surface area contributed by atoms with E-state index < -0.39 is 29.8 Å². The predicted octanol–water partition coefficient (Wildman–Crippen LogP) is 2.65. The molecule has 2 N–H and O–H groups in total. The smallest absolute Gasteiger partial charge is 0.352 e. The minimum atomic E-state index is -4.51. The molecule has 0 saturated carbocycles. The van der Waals surface area contributed by atoms with E-state index in [4.69, 9.17) is 0 Å². The summed E-state index contributed by atoms with van der Waals surface area (Å²) in [5.41, 5.74) is 0.223. The number of benzene rings is 1. The lowest BCUT2D eigenvalue weighted by Crippen LogP contribution is -2.33. The van der Waals surface area contributed by atoms with Gasteiger partial charge in [-0.15, -0.1) is 0 Å². The van der Waals surface area contributed by atoms with Crippen LogP contribution in [-0.4, -0.2) is 58.8 Å². The number of hydrogen-bond donors (Lipinski definition) is 2. The summed E-state index contributed by atoms with van der Waals surface area (Å²) in [5.74, 6) is -1.75. The number of thioether (sulfide) groups is 1. The highest BCUT2D eigenvalue weighted by atomic mass is 32.2. The van der Waals surface area contributed by atoms with Crippen molar-refractivity contribution in [1.82, 2.24) is 10.2 Å². The second-order valence-corrected chi connectivity index (χ2v) is 7.31. The molecule has 1 heterocycles. The minimum absolute atomic E-state index is 0.0227. The van der Waals surface area contributed by atoms with Crippen LogP contribution in [0.25, 0.3) is 0 Å². The van der Waals surface area contributed by atoms with E-state index in [2.05, 4.69) is 10.3 Å². The molecule has 0 aromatic heterocycles. The Hall–Kier alpha value is -2.56. The molecule has 158 valence electrons. The topological polar surface area (TPSA) is 90.9 Å². The number of carbonyl (C=O) groups excluding carboxylic acids is 3. The fraction of sp³-hybridized carbons (Fsp3) is 0.444. The maximum atomic E-state index is 12.3. The number of rotatable bonds is 7. The molecular formula is C18H21F3N4O3S. The number of anilines is 1. The summed E-state index contributed by atoms with van der Waals surface area (Å²) in [7, 11) is 0. The molecule has 0 fully saturated rings. The van der Waals surface area contributed by atoms with Crippen molar-refractivity contribution in [3.05, 3.63) is 29.8 Å². The molecule has 1 aromatic carbocycles. The molecule has 1 unspecified atom stereocenters. The third kappa shape index (κ3) is 6.77. The second-order valence-electron chi connectivity index (χ2n) is 6.14. The van der Waals surface area contributed by atoms with Gasteiger partial charge in [-0.1, -0.05) is 17.8 Å². The lowest BCUT2D eigenvalue weighted by Gasteiger charge is -2.19. The zero-order valence-corrected chi connectivity index (χ0v) is 16.7. The third-order valence-electron chi connectivity index (χ3n) is 3.99. The van der Waals surface area contributed by atoms with Crippen molar-refractivity contribution in [2.45, 2.75) is 31.7 Å². The number of aliphatic imine (C=N–C) groups is 1. The van der Waals surface area contributed by atoms with Crippen molar-refractivity contribution < 1.29 is 27.6 Å². The summed E-state index contributed by atoms with van der Waals surface area (Å²) < 4.78 is 36.7. The number of alkyl halides is 3. The maximum absolute atomic E-state index is 12.3. The first-order valence-electron chi connectivity index (χ1n) is 8.92. The Balaban J connectivity index is 1.93. The van der Waals surface area contributed by atoms with Gasteiger partial charge in [0.05, 0.1) is 0 Å². The molecule has 1 atom stereocenters. The molecule has 0 saturated heterocycles. The van der Waals surface area contributed by atoms with Crippen molar-refractivity contribution in [2.24, 2.45) is 4.99 Å². The zero-order valence-electron chi connectivity index (χ0n) is 15.9. The number of halogens is 3. The Morgan fingerprint density at radius 3 is 2.55 bits per heavy atom. The summed E-state index contributed by atoms with van der Waals surface area (Å²) in [6, 6.07) is 5.54. The predicted molar refractivity (Wildman–Crippen MR) is 105 cm³/mol. The average Bonchev–Trinajstić information content (AvgIpc) is 3.00. The van der Waals surface area contributed by atoms with Crippen LogP contribution in [0, 0.1) is 0 Å². The first-order valence-corrected chi connectivity index (χ1v) is 9.80. The normalized spacial score (nSPS) is 16.4. The lowest BCUT2D eigenvalue weighted by molar-refractivity contribution is -0.123. The van der Waals surface area contributed by atoms with E-state index in [1.807, 2.05) is 18.7 Å². The number of hydrogen-bond acceptors (Lipinski definition) is 5. The molecule has 1 aromatic rings. The first kappa shape index (κ1) is 22.7. The molecule has 0 radical (unpaired) electrons. The Labute approximate surface area is 170 Å². The summed E-state index contributed by atoms with van der Waals surface area (Å²) in [6.07, 6.45) is -4.62. The number of nitrogens with one attached hydrogen (secondary N) is 2. The lowest BCUT2D eigenvalue weighted by atomic mass is 10.2. The number of amidine groups is 1. The fourth-order valence-corrected chi connectivity index (χ4v) is 3.73. The van der Waals surface area contributed by atoms with Crippen LogP contribution in [0.4, 0.5) is 18.9 Å². The Morgan fingerprint density at radius 1 is 1.24 bits per heavy atom. The standard InChI is InChI=1S/C18H21F3N4O3S/c1-3-25(4-2)17-24-16(28)13(29-17)9-14(26)23-12-7-5-6-11(8-12)15(27)22-10-18(19,20)21/h5-8,13H,3-4,9-10H2,1-2H3,(H,22,27)(H,23,26). The average molecular weight is 430 g/mol. The van der Waals surface area contributed by atoms with E-state index in [9.17, 15) is 27.6 Å². The molecule has 29 heavy (non-hydrogen) atoms. The van der Waals surface area contributed by atoms with Crippen LogP contribution in [0.3, 0.4) is 0 Å². The van der Waals surface area contributed by atoms with E-state index >= 15 is 0 Å². The third-order valence-corrected chi connectivity index (χ3v) is 5.20. The Kier molecular flexibility index (Phi) is 7.66. The largest absolute Gasteiger partial charge is 0.405 e. The van der Waals surface area contributed by atoms with Crippen LogP contribution >= 0.6 is 11.8 Å². The van der Waals surface area contributed by atoms with E-state index in [1.165, 1.54) is 36.0 Å². The van der Waals surface area contributed by atoms with Crippen LogP contribution in [0.5, 0.6) is 0 Å². The van der Waals surface area contributed by atoms with Crippen LogP contribution < -0.4 is 10.6 Å². The van der Waals surface area contributed by atoms with Gasteiger partial charge in [0, 0.05) is 30.8 Å². The van der Waals surface area contributed by atoms with Gasteiger partial charge in [-0.3, -0.25) is 14.4 Å². The highest BCUT2D eigenvalue weighted by molar-refractivity contribution is 8.15. The van der Waals surface area contributed by atoms with E-state index in [-0.39, 0.29) is 23.6 Å². The van der Waals surface area contributed by atoms with Crippen molar-refractivity contribution in [3.63, 3.8) is 0 Å². The molecule has 1 aliphatic rings. The molecule has 0 spiro atoms. The summed E-state index contributed by atoms with van der Waals surface area (Å²) in [6.45, 7) is 3.82. The molecule has 0 bridgehead atoms. The van der Waals surface area contributed by atoms with Crippen LogP contribution in [-0.2, 0) is 9.59 Å². The van der Waals surface area contributed by atoms with Crippen molar-refractivity contribution in [2.75, 3.05) is 25.0 Å². The molecule has 3 amide bonds. The van der Waals surface area contributed by atoms with Gasteiger partial charge >= 0.3 is 6.18 Å². The van der Waals surface area contributed by atoms with Gasteiger partial charge in [0.25, 0.3) is 11.8 Å². The van der Waals surface area contributed by atoms with Gasteiger partial charge in [-0.25, -0.2) is 0 Å². The molecule has 2 rings (SSSR count). The Morgan fingerprint density at radius 2 is 1.93 bits per heavy atom. The monoisotopic (exact) mass is 430 g/mol. The van der Waals surface area contributed by atoms with Gasteiger partial charge in [0.15, 0.2) is 5.17 Å². The van der Waals surface area contributed by atoms with Crippen molar-refractivity contribution in [3.8, 4) is 0 Å². The highest BCUT2D eigenvalue weighted by Crippen LogP contribution is 2.27. The van der Waals surface area contributed by atoms with Gasteiger partial charge in [0.1, 0.15) is 11.8 Å². The second kappa shape index (κ2) is 9.77. The molecule has 1 aliphatic heterocycles. The Bertz CT molecular complexity index is 810. The maximum Gasteiger partial charge on any atom is 0.405 e. The first-order chi connectivity index (χ1) is 13.6. The number of carbonyl (C=O) groups is 3. The van der Waals surface area contributed by atoms with E-state index in [0.29, 0.717) is 18.3 Å². The van der Waals surface area contributed by atoms with Gasteiger partial charge in [-0.05, 0) is 32.0 Å². The SMILES string of the molecule is CCN(CC)C1=NC(=O)C(CC(=O)Nc2cccc(C(=O)NCC(F)(F)F)c2)S1. The zero-order chi connectivity index (χ0) is 21.6. The van der Waals surface area contributed by atoms with Crippen LogP contribution in [0.1, 0.15) is 30.6 Å². The molecule has 0 aliphatic carbocycles. The quantitative estimate of drug-likeness (QED) is 0.694. The van der Waals surface area contributed by atoms with Crippen molar-refractivity contribution in [1.29, 1.82) is 0 Å². The summed E-state index contributed by atoms with van der Waals surface area (Å²) in [4.78, 5) is 42.1. The summed E-state index contributed by atoms with van der Waals surface area (Å²) in [5, 5.41) is 4.27. The van der Waals surface area contributed by atoms with Crippen LogP contribution in [0.2, 0.25) is 0 Å². The minimum Gasteiger partial charge on any atom is -0.352 e. The van der Waals surface area contributed by atoms with Gasteiger partial charge in [-0.2, -0.15) is 18.2 Å². The van der Waals surface area contributed by atoms with Crippen molar-refractivity contribution >= 4 is 40.3 Å². The molecule has 11 heteroatoms. The van der Waals surface area contributed by atoms with E-state index in [0.717, 1.165) is 0 Å². The summed E-state index contributed by atoms with van der Waals surface area (Å²) >= 11 is 1.23. The highest BCUT2D eigenvalue weighted by Gasteiger charge is 2.32. The number of nitrogens with zero attached hydrogens (tertiary/aromatic N) is 2. The van der Waals surface area contributed by atoms with Gasteiger partial charge < -0.3 is 15.5 Å². The molecule has 7 nitrogen and oxygen atoms in total. The fourth-order valence-electron chi connectivity index (χ4n) is 2.54.